The Hall–Kier alpha value is -3.84. The molecule has 0 atom stereocenters. The average Bonchev–Trinajstić information content (AvgIpc) is 2.80. The molecule has 0 amide bonds. The lowest BCUT2D eigenvalue weighted by Crippen LogP contribution is -1.89. The van der Waals surface area contributed by atoms with Gasteiger partial charge in [-0.3, -0.25) is 0 Å². The number of benzene rings is 5. The standard InChI is InChI=1S/C28H21N/c1-2-9-25(10-3-1)29-26-19-17-22(18-20-26)21-13-15-24(16-14-21)28-12-6-8-23-7-4-5-11-27(23)28/h1-20,29H. The molecule has 5 aromatic carbocycles. The summed E-state index contributed by atoms with van der Waals surface area (Å²) in [6, 6.07) is 42.7. The minimum Gasteiger partial charge on any atom is -0.356 e. The third kappa shape index (κ3) is 3.63. The maximum Gasteiger partial charge on any atom is 0.0384 e. The van der Waals surface area contributed by atoms with Crippen LogP contribution in [0, 0.1) is 0 Å². The lowest BCUT2D eigenvalue weighted by atomic mass is 9.96. The van der Waals surface area contributed by atoms with E-state index in [9.17, 15) is 0 Å². The molecule has 0 spiro atoms. The van der Waals surface area contributed by atoms with Crippen molar-refractivity contribution in [2.24, 2.45) is 0 Å². The lowest BCUT2D eigenvalue weighted by molar-refractivity contribution is 1.54. The highest BCUT2D eigenvalue weighted by Crippen LogP contribution is 2.31. The minimum atomic E-state index is 1.09. The van der Waals surface area contributed by atoms with Gasteiger partial charge in [-0.25, -0.2) is 0 Å². The van der Waals surface area contributed by atoms with Crippen molar-refractivity contribution in [3.8, 4) is 22.3 Å². The molecule has 5 aromatic rings. The molecular weight excluding hydrogens is 350 g/mol. The van der Waals surface area contributed by atoms with Crippen molar-refractivity contribution >= 4 is 22.1 Å². The molecule has 0 aliphatic heterocycles. The molecule has 1 heteroatoms. The van der Waals surface area contributed by atoms with Crippen molar-refractivity contribution in [1.29, 1.82) is 0 Å². The molecule has 0 aliphatic carbocycles. The van der Waals surface area contributed by atoms with Gasteiger partial charge in [0.05, 0.1) is 0 Å². The molecule has 1 nitrogen and oxygen atoms in total. The molecule has 0 heterocycles. The van der Waals surface area contributed by atoms with Gasteiger partial charge in [0.15, 0.2) is 0 Å². The quantitative estimate of drug-likeness (QED) is 0.338. The summed E-state index contributed by atoms with van der Waals surface area (Å²) < 4.78 is 0. The Morgan fingerprint density at radius 3 is 1.69 bits per heavy atom. The van der Waals surface area contributed by atoms with Gasteiger partial charge in [-0.1, -0.05) is 97.1 Å². The summed E-state index contributed by atoms with van der Waals surface area (Å²) in [4.78, 5) is 0. The Balaban J connectivity index is 1.40. The van der Waals surface area contributed by atoms with E-state index in [1.165, 1.54) is 33.0 Å². The third-order valence-corrected chi connectivity index (χ3v) is 5.27. The van der Waals surface area contributed by atoms with Gasteiger partial charge in [-0.05, 0) is 57.3 Å². The molecule has 0 saturated heterocycles. The van der Waals surface area contributed by atoms with Crippen molar-refractivity contribution in [3.05, 3.63) is 121 Å². The summed E-state index contributed by atoms with van der Waals surface area (Å²) in [7, 11) is 0. The van der Waals surface area contributed by atoms with Gasteiger partial charge in [0, 0.05) is 11.4 Å². The van der Waals surface area contributed by atoms with Crippen molar-refractivity contribution in [2.45, 2.75) is 0 Å². The first kappa shape index (κ1) is 17.3. The predicted octanol–water partition coefficient (Wildman–Crippen LogP) is 7.92. The van der Waals surface area contributed by atoms with Gasteiger partial charge in [-0.15, -0.1) is 0 Å². The summed E-state index contributed by atoms with van der Waals surface area (Å²) >= 11 is 0. The second kappa shape index (κ2) is 7.65. The fourth-order valence-corrected chi connectivity index (χ4v) is 3.75. The first-order valence-corrected chi connectivity index (χ1v) is 9.87. The molecule has 5 rings (SSSR count). The van der Waals surface area contributed by atoms with Crippen LogP contribution in [0.15, 0.2) is 121 Å². The number of fused-ring (bicyclic) bond motifs is 1. The molecule has 0 bridgehead atoms. The SMILES string of the molecule is c1ccc(Nc2ccc(-c3ccc(-c4cccc5ccccc45)cc3)cc2)cc1. The number of para-hydroxylation sites is 1. The van der Waals surface area contributed by atoms with Crippen LogP contribution in [0.3, 0.4) is 0 Å². The van der Waals surface area contributed by atoms with E-state index in [0.29, 0.717) is 0 Å². The van der Waals surface area contributed by atoms with Gasteiger partial charge in [-0.2, -0.15) is 0 Å². The molecule has 0 saturated carbocycles. The van der Waals surface area contributed by atoms with Crippen molar-refractivity contribution < 1.29 is 0 Å². The van der Waals surface area contributed by atoms with Crippen molar-refractivity contribution in [1.82, 2.24) is 0 Å². The summed E-state index contributed by atoms with van der Waals surface area (Å²) in [5.41, 5.74) is 7.14. The molecule has 1 N–H and O–H groups in total. The van der Waals surface area contributed by atoms with Crippen LogP contribution in [0.25, 0.3) is 33.0 Å². The van der Waals surface area contributed by atoms with Gasteiger partial charge < -0.3 is 5.32 Å². The van der Waals surface area contributed by atoms with Crippen LogP contribution in [0.1, 0.15) is 0 Å². The Morgan fingerprint density at radius 1 is 0.379 bits per heavy atom. The fraction of sp³-hybridized carbons (Fsp3) is 0. The predicted molar refractivity (Wildman–Crippen MR) is 125 cm³/mol. The van der Waals surface area contributed by atoms with Crippen LogP contribution in [-0.2, 0) is 0 Å². The molecule has 0 aliphatic rings. The molecule has 138 valence electrons. The van der Waals surface area contributed by atoms with E-state index in [2.05, 4.69) is 108 Å². The van der Waals surface area contributed by atoms with Crippen LogP contribution >= 0.6 is 0 Å². The highest BCUT2D eigenvalue weighted by molar-refractivity contribution is 5.96. The van der Waals surface area contributed by atoms with Crippen LogP contribution in [0.4, 0.5) is 11.4 Å². The molecule has 0 radical (unpaired) electrons. The summed E-state index contributed by atoms with van der Waals surface area (Å²) in [6.45, 7) is 0. The topological polar surface area (TPSA) is 12.0 Å². The smallest absolute Gasteiger partial charge is 0.0384 e. The molecule has 0 aromatic heterocycles. The summed E-state index contributed by atoms with van der Waals surface area (Å²) in [5, 5.41) is 5.99. The second-order valence-electron chi connectivity index (χ2n) is 7.17. The highest BCUT2D eigenvalue weighted by Gasteiger charge is 2.04. The van der Waals surface area contributed by atoms with E-state index >= 15 is 0 Å². The van der Waals surface area contributed by atoms with E-state index in [1.54, 1.807) is 0 Å². The van der Waals surface area contributed by atoms with E-state index in [1.807, 2.05) is 18.2 Å². The number of nitrogens with one attached hydrogen (secondary N) is 1. The van der Waals surface area contributed by atoms with Crippen LogP contribution < -0.4 is 5.32 Å². The van der Waals surface area contributed by atoms with Crippen LogP contribution in [-0.4, -0.2) is 0 Å². The summed E-state index contributed by atoms with van der Waals surface area (Å²) in [5.74, 6) is 0. The Labute approximate surface area is 171 Å². The average molecular weight is 371 g/mol. The molecule has 29 heavy (non-hydrogen) atoms. The third-order valence-electron chi connectivity index (χ3n) is 5.27. The zero-order valence-corrected chi connectivity index (χ0v) is 16.0. The number of rotatable bonds is 4. The van der Waals surface area contributed by atoms with Crippen molar-refractivity contribution in [2.75, 3.05) is 5.32 Å². The van der Waals surface area contributed by atoms with E-state index < -0.39 is 0 Å². The maximum absolute atomic E-state index is 3.43. The monoisotopic (exact) mass is 371 g/mol. The molecule has 0 fully saturated rings. The van der Waals surface area contributed by atoms with Crippen LogP contribution in [0.5, 0.6) is 0 Å². The zero-order chi connectivity index (χ0) is 19.5. The number of hydrogen-bond acceptors (Lipinski definition) is 1. The largest absolute Gasteiger partial charge is 0.356 e. The Bertz CT molecular complexity index is 1230. The van der Waals surface area contributed by atoms with E-state index in [-0.39, 0.29) is 0 Å². The van der Waals surface area contributed by atoms with Gasteiger partial charge in [0.1, 0.15) is 0 Å². The zero-order valence-electron chi connectivity index (χ0n) is 16.0. The first-order chi connectivity index (χ1) is 14.4. The molecular formula is C28H21N. The van der Waals surface area contributed by atoms with Crippen LogP contribution in [0.2, 0.25) is 0 Å². The number of anilines is 2. The van der Waals surface area contributed by atoms with E-state index in [0.717, 1.165) is 11.4 Å². The van der Waals surface area contributed by atoms with Gasteiger partial charge in [0.25, 0.3) is 0 Å². The Kier molecular flexibility index (Phi) is 4.56. The first-order valence-electron chi connectivity index (χ1n) is 9.87. The second-order valence-corrected chi connectivity index (χ2v) is 7.17. The summed E-state index contributed by atoms with van der Waals surface area (Å²) in [6.07, 6.45) is 0. The highest BCUT2D eigenvalue weighted by atomic mass is 14.9. The lowest BCUT2D eigenvalue weighted by Gasteiger charge is -2.10. The fourth-order valence-electron chi connectivity index (χ4n) is 3.75. The minimum absolute atomic E-state index is 1.09. The Morgan fingerprint density at radius 2 is 0.931 bits per heavy atom. The maximum atomic E-state index is 3.43. The van der Waals surface area contributed by atoms with Gasteiger partial charge in [0.2, 0.25) is 0 Å². The van der Waals surface area contributed by atoms with E-state index in [4.69, 9.17) is 0 Å². The normalized spacial score (nSPS) is 10.8. The van der Waals surface area contributed by atoms with Gasteiger partial charge >= 0.3 is 0 Å². The molecule has 0 unspecified atom stereocenters. The van der Waals surface area contributed by atoms with Crippen molar-refractivity contribution in [3.63, 3.8) is 0 Å². The number of hydrogen-bond donors (Lipinski definition) is 1.